The Bertz CT molecular complexity index is 921. The molecule has 3 nitrogen and oxygen atoms in total. The molecule has 2 aromatic rings. The molecule has 30 heavy (non-hydrogen) atoms. The van der Waals surface area contributed by atoms with Gasteiger partial charge in [-0.25, -0.2) is 9.37 Å². The molecule has 5 unspecified atom stereocenters. The molecule has 1 heterocycles. The fraction of sp³-hybridized carbons (Fsp3) is 0.462. The Morgan fingerprint density at radius 1 is 1.13 bits per heavy atom. The minimum absolute atomic E-state index is 0.122. The predicted octanol–water partition coefficient (Wildman–Crippen LogP) is 5.10. The number of hydrogen-bond donors (Lipinski definition) is 1. The quantitative estimate of drug-likeness (QED) is 0.751. The van der Waals surface area contributed by atoms with E-state index < -0.39 is 5.60 Å². The zero-order chi connectivity index (χ0) is 21.3. The Balaban J connectivity index is 0.000000145. The lowest BCUT2D eigenvalue weighted by Crippen LogP contribution is -2.64. The van der Waals surface area contributed by atoms with Crippen molar-refractivity contribution in [1.82, 2.24) is 0 Å². The summed E-state index contributed by atoms with van der Waals surface area (Å²) in [5.74, 6) is 1.99. The normalized spacial score (nSPS) is 32.0. The van der Waals surface area contributed by atoms with E-state index in [1.807, 2.05) is 24.4 Å². The number of aromatic amines is 1. The van der Waals surface area contributed by atoms with E-state index in [4.69, 9.17) is 0 Å². The number of Topliss-reactive ketones (excluding diaryl/α,β-unsaturated/α-hetero) is 1. The van der Waals surface area contributed by atoms with Crippen molar-refractivity contribution in [3.63, 3.8) is 0 Å². The van der Waals surface area contributed by atoms with Crippen LogP contribution in [0, 0.1) is 29.5 Å². The molecule has 2 N–H and O–H groups in total. The monoisotopic (exact) mass is 408 g/mol. The van der Waals surface area contributed by atoms with Crippen LogP contribution in [0.5, 0.6) is 0 Å². The van der Waals surface area contributed by atoms with Crippen molar-refractivity contribution in [3.05, 3.63) is 60.7 Å². The summed E-state index contributed by atoms with van der Waals surface area (Å²) in [6.07, 6.45) is 11.1. The molecule has 3 fully saturated rings. The zero-order valence-electron chi connectivity index (χ0n) is 17.6. The van der Waals surface area contributed by atoms with Gasteiger partial charge in [0.25, 0.3) is 0 Å². The molecule has 0 spiro atoms. The number of benzene rings is 1. The topological polar surface area (TPSA) is 51.4 Å². The molecule has 1 aromatic heterocycles. The van der Waals surface area contributed by atoms with Crippen LogP contribution in [0.15, 0.2) is 49.2 Å². The van der Waals surface area contributed by atoms with Crippen LogP contribution < -0.4 is 4.98 Å². The van der Waals surface area contributed by atoms with Gasteiger partial charge in [0.05, 0.1) is 0 Å². The first kappa shape index (κ1) is 20.9. The summed E-state index contributed by atoms with van der Waals surface area (Å²) in [5, 5.41) is 10.0. The standard InChI is InChI=1S/C13H10FN.C13H20O2/c1-2-13-7-6-11(9-15-13)10-4-3-5-12(14)8-10;1-13(15)11-7-9-5-3-2-4-8(9)6-10(11)12(13)14/h2-9H,1H2;8-11,15H,2-7H2,1H3/p+1. The van der Waals surface area contributed by atoms with E-state index in [0.717, 1.165) is 41.5 Å². The van der Waals surface area contributed by atoms with Crippen molar-refractivity contribution in [2.75, 3.05) is 0 Å². The van der Waals surface area contributed by atoms with Gasteiger partial charge in [0.2, 0.25) is 5.69 Å². The van der Waals surface area contributed by atoms with E-state index in [2.05, 4.69) is 11.6 Å². The third-order valence-electron chi connectivity index (χ3n) is 7.44. The smallest absolute Gasteiger partial charge is 0.202 e. The minimum Gasteiger partial charge on any atom is -0.382 e. The highest BCUT2D eigenvalue weighted by Gasteiger charge is 2.61. The number of nitrogens with one attached hydrogen (secondary N) is 1. The van der Waals surface area contributed by atoms with Gasteiger partial charge in [-0.15, -0.1) is 0 Å². The number of ketones is 1. The second kappa shape index (κ2) is 8.43. The first-order valence-electron chi connectivity index (χ1n) is 11.1. The number of aromatic nitrogens is 1. The van der Waals surface area contributed by atoms with Crippen LogP contribution in [0.3, 0.4) is 0 Å². The van der Waals surface area contributed by atoms with Crippen molar-refractivity contribution in [2.24, 2.45) is 23.7 Å². The van der Waals surface area contributed by atoms with Crippen molar-refractivity contribution in [1.29, 1.82) is 0 Å². The molecule has 0 amide bonds. The Morgan fingerprint density at radius 3 is 2.50 bits per heavy atom. The average molecular weight is 409 g/mol. The molecule has 0 saturated heterocycles. The SMILES string of the molecule is C=Cc1ccc(-c2cccc(F)c2)c[nH+]1.CC1(O)C(=O)C2CC3CCCCC3CC21. The second-order valence-electron chi connectivity index (χ2n) is 9.25. The Hall–Kier alpha value is -2.33. The summed E-state index contributed by atoms with van der Waals surface area (Å²) in [4.78, 5) is 14.8. The lowest BCUT2D eigenvalue weighted by molar-refractivity contribution is -0.380. The largest absolute Gasteiger partial charge is 0.382 e. The van der Waals surface area contributed by atoms with Gasteiger partial charge in [-0.1, -0.05) is 44.4 Å². The minimum atomic E-state index is -0.979. The van der Waals surface area contributed by atoms with E-state index in [1.54, 1.807) is 19.1 Å². The van der Waals surface area contributed by atoms with Gasteiger partial charge >= 0.3 is 0 Å². The molecule has 3 aliphatic carbocycles. The number of carbonyl (C=O) groups excluding carboxylic acids is 1. The van der Waals surface area contributed by atoms with E-state index >= 15 is 0 Å². The average Bonchev–Trinajstić information content (AvgIpc) is 2.78. The summed E-state index contributed by atoms with van der Waals surface area (Å²) in [6.45, 7) is 5.38. The van der Waals surface area contributed by atoms with E-state index in [0.29, 0.717) is 0 Å². The number of halogens is 1. The second-order valence-corrected chi connectivity index (χ2v) is 9.25. The number of carbonyl (C=O) groups is 1. The summed E-state index contributed by atoms with van der Waals surface area (Å²) < 4.78 is 13.0. The van der Waals surface area contributed by atoms with Crippen molar-refractivity contribution in [3.8, 4) is 11.1 Å². The Kier molecular flexibility index (Phi) is 5.88. The summed E-state index contributed by atoms with van der Waals surface area (Å²) in [7, 11) is 0. The van der Waals surface area contributed by atoms with Gasteiger partial charge in [0.1, 0.15) is 11.4 Å². The van der Waals surface area contributed by atoms with Gasteiger partial charge in [0, 0.05) is 29.5 Å². The third kappa shape index (κ3) is 3.98. The number of pyridine rings is 1. The Labute approximate surface area is 178 Å². The summed E-state index contributed by atoms with van der Waals surface area (Å²) in [5.41, 5.74) is 1.78. The van der Waals surface area contributed by atoms with Gasteiger partial charge in [-0.05, 0) is 55.4 Å². The molecule has 0 radical (unpaired) electrons. The summed E-state index contributed by atoms with van der Waals surface area (Å²) in [6, 6.07) is 10.4. The van der Waals surface area contributed by atoms with E-state index in [-0.39, 0.29) is 23.4 Å². The first-order valence-corrected chi connectivity index (χ1v) is 11.1. The molecule has 3 saturated carbocycles. The summed E-state index contributed by atoms with van der Waals surface area (Å²) >= 11 is 0. The van der Waals surface area contributed by atoms with Gasteiger partial charge in [-0.2, -0.15) is 0 Å². The highest BCUT2D eigenvalue weighted by molar-refractivity contribution is 5.96. The highest BCUT2D eigenvalue weighted by atomic mass is 19.1. The predicted molar refractivity (Wildman–Crippen MR) is 116 cm³/mol. The molecule has 5 rings (SSSR count). The molecule has 158 valence electrons. The van der Waals surface area contributed by atoms with Gasteiger partial charge in [0.15, 0.2) is 12.0 Å². The maximum atomic E-state index is 13.0. The van der Waals surface area contributed by atoms with Crippen LogP contribution in [0.4, 0.5) is 4.39 Å². The number of aliphatic hydroxyl groups is 1. The lowest BCUT2D eigenvalue weighted by atomic mass is 9.50. The van der Waals surface area contributed by atoms with E-state index in [1.165, 1.54) is 37.8 Å². The first-order chi connectivity index (χ1) is 14.4. The van der Waals surface area contributed by atoms with Crippen LogP contribution in [0.1, 0.15) is 51.1 Å². The molecule has 4 heteroatoms. The molecule has 5 atom stereocenters. The molecule has 1 aromatic carbocycles. The highest BCUT2D eigenvalue weighted by Crippen LogP contribution is 2.55. The molecule has 0 aliphatic heterocycles. The van der Waals surface area contributed by atoms with Crippen LogP contribution in [0.25, 0.3) is 17.2 Å². The van der Waals surface area contributed by atoms with Crippen molar-refractivity contribution in [2.45, 2.75) is 51.0 Å². The molecular weight excluding hydrogens is 377 g/mol. The fourth-order valence-electron chi connectivity index (χ4n) is 5.67. The zero-order valence-corrected chi connectivity index (χ0v) is 17.6. The van der Waals surface area contributed by atoms with Gasteiger partial charge < -0.3 is 5.11 Å². The van der Waals surface area contributed by atoms with Crippen LogP contribution in [0.2, 0.25) is 0 Å². The lowest BCUT2D eigenvalue weighted by Gasteiger charge is -2.55. The number of H-pyrrole nitrogens is 1. The fourth-order valence-corrected chi connectivity index (χ4v) is 5.67. The number of rotatable bonds is 2. The van der Waals surface area contributed by atoms with Crippen LogP contribution in [-0.4, -0.2) is 16.5 Å². The number of fused-ring (bicyclic) bond motifs is 2. The van der Waals surface area contributed by atoms with Crippen LogP contribution >= 0.6 is 0 Å². The van der Waals surface area contributed by atoms with Crippen molar-refractivity contribution >= 4 is 11.9 Å². The van der Waals surface area contributed by atoms with E-state index in [9.17, 15) is 14.3 Å². The molecule has 3 aliphatic rings. The molecule has 0 bridgehead atoms. The molecular formula is C26H31FNO2+. The number of hydrogen-bond acceptors (Lipinski definition) is 2. The van der Waals surface area contributed by atoms with Crippen LogP contribution in [-0.2, 0) is 4.79 Å². The maximum Gasteiger partial charge on any atom is 0.202 e. The Morgan fingerprint density at radius 2 is 1.87 bits per heavy atom. The third-order valence-corrected chi connectivity index (χ3v) is 7.44. The van der Waals surface area contributed by atoms with Crippen molar-refractivity contribution < 1.29 is 19.3 Å². The van der Waals surface area contributed by atoms with Gasteiger partial charge in [-0.3, -0.25) is 4.79 Å². The maximum absolute atomic E-state index is 13.0.